The molecule has 1 rings (SSSR count). The van der Waals surface area contributed by atoms with Crippen molar-refractivity contribution in [1.29, 1.82) is 0 Å². The summed E-state index contributed by atoms with van der Waals surface area (Å²) in [5.74, 6) is 1.42. The number of nitrogens with one attached hydrogen (secondary N) is 2. The summed E-state index contributed by atoms with van der Waals surface area (Å²) < 4.78 is 10.7. The highest BCUT2D eigenvalue weighted by Gasteiger charge is 2.08. The summed E-state index contributed by atoms with van der Waals surface area (Å²) in [4.78, 5) is 4.37. The number of hydrogen-bond donors (Lipinski definition) is 3. The van der Waals surface area contributed by atoms with Gasteiger partial charge in [0, 0.05) is 19.7 Å². The summed E-state index contributed by atoms with van der Waals surface area (Å²) in [7, 11) is 1.66. The van der Waals surface area contributed by atoms with Crippen LogP contribution < -0.4 is 15.4 Å². The van der Waals surface area contributed by atoms with Crippen LogP contribution in [0.25, 0.3) is 0 Å². The molecule has 0 aliphatic heterocycles. The van der Waals surface area contributed by atoms with E-state index < -0.39 is 6.10 Å². The molecule has 0 aliphatic rings. The van der Waals surface area contributed by atoms with Crippen LogP contribution in [0.5, 0.6) is 5.75 Å². The fraction of sp³-hybridized carbons (Fsp3) is 0.588. The average Bonchev–Trinajstić information content (AvgIpc) is 2.51. The number of ether oxygens (including phenoxy) is 2. The van der Waals surface area contributed by atoms with Crippen molar-refractivity contribution in [2.45, 2.75) is 32.9 Å². The number of benzene rings is 1. The molecule has 2 atom stereocenters. The Morgan fingerprint density at radius 2 is 2.08 bits per heavy atom. The topological polar surface area (TPSA) is 75.1 Å². The van der Waals surface area contributed by atoms with Crippen molar-refractivity contribution in [2.75, 3.05) is 33.4 Å². The van der Waals surface area contributed by atoms with Crippen LogP contribution in [0.15, 0.2) is 29.3 Å². The van der Waals surface area contributed by atoms with Gasteiger partial charge >= 0.3 is 0 Å². The van der Waals surface area contributed by atoms with Gasteiger partial charge in [0.25, 0.3) is 0 Å². The summed E-state index contributed by atoms with van der Waals surface area (Å²) in [6.07, 6.45) is -0.663. The summed E-state index contributed by atoms with van der Waals surface area (Å²) in [5.41, 5.74) is 1.13. The molecule has 0 aliphatic carbocycles. The summed E-state index contributed by atoms with van der Waals surface area (Å²) in [5, 5.41) is 16.4. The number of halogens is 1. The molecule has 0 amide bonds. The average molecular weight is 451 g/mol. The molecular weight excluding hydrogens is 421 g/mol. The molecule has 6 nitrogen and oxygen atoms in total. The SMILES string of the molecule is CCNC(=NCC(O)COc1cccc(C)c1)NC(C)COC.I. The van der Waals surface area contributed by atoms with Crippen LogP contribution in [0.2, 0.25) is 0 Å². The Balaban J connectivity index is 0.00000529. The zero-order chi connectivity index (χ0) is 17.1. The lowest BCUT2D eigenvalue weighted by Gasteiger charge is -2.18. The molecule has 0 saturated carbocycles. The van der Waals surface area contributed by atoms with Crippen LogP contribution in [-0.4, -0.2) is 56.6 Å². The molecule has 24 heavy (non-hydrogen) atoms. The Kier molecular flexibility index (Phi) is 12.7. The standard InChI is InChI=1S/C17H29N3O3.HI/c1-5-18-17(20-14(3)11-22-4)19-10-15(21)12-23-16-8-6-7-13(2)9-16;/h6-9,14-15,21H,5,10-12H2,1-4H3,(H2,18,19,20);1H. The number of hydrogen-bond acceptors (Lipinski definition) is 4. The van der Waals surface area contributed by atoms with Crippen LogP contribution in [0, 0.1) is 6.92 Å². The van der Waals surface area contributed by atoms with Gasteiger partial charge in [-0.2, -0.15) is 0 Å². The number of aryl methyl sites for hydroxylation is 1. The van der Waals surface area contributed by atoms with Crippen LogP contribution in [0.4, 0.5) is 0 Å². The fourth-order valence-corrected chi connectivity index (χ4v) is 1.99. The quantitative estimate of drug-likeness (QED) is 0.304. The first-order valence-electron chi connectivity index (χ1n) is 7.96. The lowest BCUT2D eigenvalue weighted by atomic mass is 10.2. The number of methoxy groups -OCH3 is 1. The number of aliphatic imine (C=N–C) groups is 1. The second-order valence-electron chi connectivity index (χ2n) is 5.50. The minimum Gasteiger partial charge on any atom is -0.491 e. The van der Waals surface area contributed by atoms with E-state index in [1.807, 2.05) is 45.0 Å². The third-order valence-electron chi connectivity index (χ3n) is 3.04. The van der Waals surface area contributed by atoms with Crippen molar-refractivity contribution in [3.8, 4) is 5.75 Å². The molecule has 0 aromatic heterocycles. The molecular formula is C17H30IN3O3. The molecule has 1 aromatic rings. The fourth-order valence-electron chi connectivity index (χ4n) is 1.99. The van der Waals surface area contributed by atoms with Gasteiger partial charge in [-0.3, -0.25) is 4.99 Å². The van der Waals surface area contributed by atoms with Crippen LogP contribution in [-0.2, 0) is 4.74 Å². The first-order chi connectivity index (χ1) is 11.0. The van der Waals surface area contributed by atoms with Crippen molar-refractivity contribution < 1.29 is 14.6 Å². The first kappa shape index (κ1) is 22.9. The van der Waals surface area contributed by atoms with Crippen molar-refractivity contribution >= 4 is 29.9 Å². The molecule has 0 heterocycles. The van der Waals surface area contributed by atoms with Gasteiger partial charge < -0.3 is 25.2 Å². The Bertz CT molecular complexity index is 486. The van der Waals surface area contributed by atoms with Crippen LogP contribution >= 0.6 is 24.0 Å². The van der Waals surface area contributed by atoms with Crippen LogP contribution in [0.3, 0.4) is 0 Å². The molecule has 0 radical (unpaired) electrons. The summed E-state index contributed by atoms with van der Waals surface area (Å²) >= 11 is 0. The number of rotatable bonds is 9. The van der Waals surface area contributed by atoms with E-state index in [0.29, 0.717) is 12.6 Å². The Morgan fingerprint density at radius 1 is 1.33 bits per heavy atom. The monoisotopic (exact) mass is 451 g/mol. The largest absolute Gasteiger partial charge is 0.491 e. The first-order valence-corrected chi connectivity index (χ1v) is 7.96. The van der Waals surface area contributed by atoms with Gasteiger partial charge in [0.1, 0.15) is 18.5 Å². The molecule has 0 bridgehead atoms. The van der Waals surface area contributed by atoms with Crippen molar-refractivity contribution in [1.82, 2.24) is 10.6 Å². The lowest BCUT2D eigenvalue weighted by molar-refractivity contribution is 0.114. The van der Waals surface area contributed by atoms with E-state index in [9.17, 15) is 5.11 Å². The minimum absolute atomic E-state index is 0. The Hall–Kier alpha value is -1.06. The molecule has 0 fully saturated rings. The van der Waals surface area contributed by atoms with E-state index >= 15 is 0 Å². The number of aliphatic hydroxyl groups excluding tert-OH is 1. The van der Waals surface area contributed by atoms with Crippen molar-refractivity contribution in [3.63, 3.8) is 0 Å². The van der Waals surface area contributed by atoms with Crippen LogP contribution in [0.1, 0.15) is 19.4 Å². The highest BCUT2D eigenvalue weighted by Crippen LogP contribution is 2.12. The second kappa shape index (κ2) is 13.3. The number of aliphatic hydroxyl groups is 1. The van der Waals surface area contributed by atoms with E-state index in [4.69, 9.17) is 9.47 Å². The third kappa shape index (κ3) is 9.94. The maximum absolute atomic E-state index is 10.0. The maximum Gasteiger partial charge on any atom is 0.191 e. The predicted octanol–water partition coefficient (Wildman–Crippen LogP) is 1.94. The van der Waals surface area contributed by atoms with Gasteiger partial charge in [0.2, 0.25) is 0 Å². The minimum atomic E-state index is -0.663. The Labute approximate surface area is 162 Å². The smallest absolute Gasteiger partial charge is 0.191 e. The van der Waals surface area contributed by atoms with E-state index in [2.05, 4.69) is 15.6 Å². The molecule has 7 heteroatoms. The molecule has 2 unspecified atom stereocenters. The van der Waals surface area contributed by atoms with Gasteiger partial charge in [0.05, 0.1) is 13.2 Å². The third-order valence-corrected chi connectivity index (χ3v) is 3.04. The highest BCUT2D eigenvalue weighted by atomic mass is 127. The second-order valence-corrected chi connectivity index (χ2v) is 5.50. The van der Waals surface area contributed by atoms with Crippen molar-refractivity contribution in [3.05, 3.63) is 29.8 Å². The van der Waals surface area contributed by atoms with E-state index in [1.165, 1.54) is 0 Å². The number of guanidine groups is 1. The van der Waals surface area contributed by atoms with Crippen molar-refractivity contribution in [2.24, 2.45) is 4.99 Å². The number of nitrogens with zero attached hydrogens (tertiary/aromatic N) is 1. The lowest BCUT2D eigenvalue weighted by Crippen LogP contribution is -2.44. The molecule has 3 N–H and O–H groups in total. The van der Waals surface area contributed by atoms with Gasteiger partial charge in [-0.05, 0) is 38.5 Å². The summed E-state index contributed by atoms with van der Waals surface area (Å²) in [6.45, 7) is 7.82. The molecule has 138 valence electrons. The van der Waals surface area contributed by atoms with Gasteiger partial charge in [-0.1, -0.05) is 12.1 Å². The maximum atomic E-state index is 10.0. The summed E-state index contributed by atoms with van der Waals surface area (Å²) in [6, 6.07) is 7.89. The van der Waals surface area contributed by atoms with Gasteiger partial charge in [-0.15, -0.1) is 24.0 Å². The zero-order valence-corrected chi connectivity index (χ0v) is 17.2. The molecule has 0 saturated heterocycles. The zero-order valence-electron chi connectivity index (χ0n) is 14.9. The van der Waals surface area contributed by atoms with Gasteiger partial charge in [-0.25, -0.2) is 0 Å². The van der Waals surface area contributed by atoms with E-state index in [0.717, 1.165) is 17.9 Å². The normalized spacial score (nSPS) is 13.6. The molecule has 0 spiro atoms. The predicted molar refractivity (Wildman–Crippen MR) is 109 cm³/mol. The highest BCUT2D eigenvalue weighted by molar-refractivity contribution is 14.0. The Morgan fingerprint density at radius 3 is 2.71 bits per heavy atom. The molecule has 1 aromatic carbocycles. The van der Waals surface area contributed by atoms with Gasteiger partial charge in [0.15, 0.2) is 5.96 Å². The van der Waals surface area contributed by atoms with E-state index in [1.54, 1.807) is 7.11 Å². The van der Waals surface area contributed by atoms with E-state index in [-0.39, 0.29) is 43.2 Å².